The van der Waals surface area contributed by atoms with E-state index in [9.17, 15) is 9.59 Å². The molecule has 2 aromatic carbocycles. The van der Waals surface area contributed by atoms with Gasteiger partial charge in [0.05, 0.1) is 12.3 Å². The van der Waals surface area contributed by atoms with Gasteiger partial charge in [-0.2, -0.15) is 0 Å². The van der Waals surface area contributed by atoms with Crippen LogP contribution < -0.4 is 19.7 Å². The van der Waals surface area contributed by atoms with Gasteiger partial charge in [-0.15, -0.1) is 0 Å². The molecule has 2 amide bonds. The van der Waals surface area contributed by atoms with Gasteiger partial charge in [0.15, 0.2) is 6.61 Å². The maximum Gasteiger partial charge on any atom is 0.265 e. The minimum atomic E-state index is -0.0984. The van der Waals surface area contributed by atoms with Crippen molar-refractivity contribution in [3.05, 3.63) is 48.0 Å². The Balaban J connectivity index is 1.63. The molecule has 0 saturated carbocycles. The summed E-state index contributed by atoms with van der Waals surface area (Å²) in [6, 6.07) is 13.3. The lowest BCUT2D eigenvalue weighted by atomic mass is 10.1. The monoisotopic (exact) mass is 396 g/mol. The van der Waals surface area contributed by atoms with Crippen molar-refractivity contribution < 1.29 is 19.1 Å². The summed E-state index contributed by atoms with van der Waals surface area (Å²) in [5.74, 6) is 1.61. The second kappa shape index (κ2) is 9.45. The van der Waals surface area contributed by atoms with Crippen LogP contribution in [0.4, 0.5) is 11.4 Å². The van der Waals surface area contributed by atoms with Crippen LogP contribution in [0.1, 0.15) is 32.3 Å². The Morgan fingerprint density at radius 2 is 2.07 bits per heavy atom. The van der Waals surface area contributed by atoms with E-state index in [1.165, 1.54) is 0 Å². The summed E-state index contributed by atoms with van der Waals surface area (Å²) in [6.07, 6.45) is 1.13. The van der Waals surface area contributed by atoms with E-state index in [0.717, 1.165) is 11.3 Å². The van der Waals surface area contributed by atoms with Crippen molar-refractivity contribution in [2.24, 2.45) is 5.92 Å². The average molecular weight is 396 g/mol. The largest absolute Gasteiger partial charge is 0.494 e. The summed E-state index contributed by atoms with van der Waals surface area (Å²) < 4.78 is 11.3. The number of benzene rings is 2. The standard InChI is InChI=1S/C23H28N2O4/c1-16(2)12-22(26)24-18-8-9-21-20(14-18)25(23(27)15-29-21)10-5-11-28-19-7-4-6-17(3)13-19/h4,6-9,13-14,16H,5,10-12,15H2,1-3H3,(H,24,26). The minimum absolute atomic E-state index is 0.0186. The van der Waals surface area contributed by atoms with Gasteiger partial charge in [-0.25, -0.2) is 0 Å². The normalized spacial score (nSPS) is 13.1. The first-order chi connectivity index (χ1) is 13.9. The van der Waals surface area contributed by atoms with Gasteiger partial charge in [-0.1, -0.05) is 26.0 Å². The molecule has 0 aromatic heterocycles. The topological polar surface area (TPSA) is 67.9 Å². The molecule has 0 fully saturated rings. The number of nitrogens with one attached hydrogen (secondary N) is 1. The fourth-order valence-electron chi connectivity index (χ4n) is 3.23. The van der Waals surface area contributed by atoms with Crippen LogP contribution in [0, 0.1) is 12.8 Å². The molecule has 6 nitrogen and oxygen atoms in total. The molecule has 0 bridgehead atoms. The lowest BCUT2D eigenvalue weighted by Crippen LogP contribution is -2.39. The van der Waals surface area contributed by atoms with Crippen LogP contribution in [0.25, 0.3) is 0 Å². The van der Waals surface area contributed by atoms with Crippen molar-refractivity contribution >= 4 is 23.2 Å². The molecule has 3 rings (SSSR count). The number of carbonyl (C=O) groups excluding carboxylic acids is 2. The summed E-state index contributed by atoms with van der Waals surface area (Å²) in [5, 5.41) is 2.90. The molecule has 1 heterocycles. The molecule has 0 unspecified atom stereocenters. The van der Waals surface area contributed by atoms with Gasteiger partial charge in [0, 0.05) is 18.7 Å². The second-order valence-electron chi connectivity index (χ2n) is 7.68. The van der Waals surface area contributed by atoms with Crippen LogP contribution in [0.2, 0.25) is 0 Å². The quantitative estimate of drug-likeness (QED) is 0.680. The molecule has 0 radical (unpaired) electrons. The van der Waals surface area contributed by atoms with Crippen molar-refractivity contribution in [2.75, 3.05) is 30.0 Å². The number of rotatable bonds is 8. The van der Waals surface area contributed by atoms with Crippen molar-refractivity contribution in [3.8, 4) is 11.5 Å². The summed E-state index contributed by atoms with van der Waals surface area (Å²) in [5.41, 5.74) is 2.49. The number of aryl methyl sites for hydroxylation is 1. The van der Waals surface area contributed by atoms with Crippen LogP contribution in [-0.2, 0) is 9.59 Å². The molecule has 2 aromatic rings. The summed E-state index contributed by atoms with van der Waals surface area (Å²) in [4.78, 5) is 26.2. The third-order valence-electron chi connectivity index (χ3n) is 4.56. The van der Waals surface area contributed by atoms with Crippen LogP contribution in [0.15, 0.2) is 42.5 Å². The summed E-state index contributed by atoms with van der Waals surface area (Å²) in [7, 11) is 0. The van der Waals surface area contributed by atoms with Crippen molar-refractivity contribution in [1.82, 2.24) is 0 Å². The molecule has 0 atom stereocenters. The first kappa shape index (κ1) is 20.7. The molecule has 0 spiro atoms. The van der Waals surface area contributed by atoms with Crippen LogP contribution >= 0.6 is 0 Å². The van der Waals surface area contributed by atoms with E-state index < -0.39 is 0 Å². The van der Waals surface area contributed by atoms with Crippen LogP contribution in [0.5, 0.6) is 11.5 Å². The summed E-state index contributed by atoms with van der Waals surface area (Å²) in [6.45, 7) is 7.07. The second-order valence-corrected chi connectivity index (χ2v) is 7.68. The van der Waals surface area contributed by atoms with E-state index in [2.05, 4.69) is 5.32 Å². The third-order valence-corrected chi connectivity index (χ3v) is 4.56. The molecule has 0 saturated heterocycles. The van der Waals surface area contributed by atoms with Gasteiger partial charge in [0.1, 0.15) is 11.5 Å². The van der Waals surface area contributed by atoms with E-state index in [0.29, 0.717) is 43.1 Å². The highest BCUT2D eigenvalue weighted by molar-refractivity contribution is 5.99. The summed E-state index contributed by atoms with van der Waals surface area (Å²) >= 11 is 0. The molecule has 29 heavy (non-hydrogen) atoms. The Morgan fingerprint density at radius 3 is 2.83 bits per heavy atom. The molecule has 6 heteroatoms. The van der Waals surface area contributed by atoms with E-state index >= 15 is 0 Å². The van der Waals surface area contributed by atoms with Gasteiger partial charge in [-0.05, 0) is 55.2 Å². The number of hydrogen-bond acceptors (Lipinski definition) is 4. The highest BCUT2D eigenvalue weighted by atomic mass is 16.5. The molecular weight excluding hydrogens is 368 g/mol. The third kappa shape index (κ3) is 5.73. The molecule has 0 aliphatic carbocycles. The number of nitrogens with zero attached hydrogens (tertiary/aromatic N) is 1. The number of hydrogen-bond donors (Lipinski definition) is 1. The lowest BCUT2D eigenvalue weighted by molar-refractivity contribution is -0.121. The zero-order valence-corrected chi connectivity index (χ0v) is 17.2. The Hall–Kier alpha value is -3.02. The number of ether oxygens (including phenoxy) is 2. The zero-order valence-electron chi connectivity index (χ0n) is 17.2. The predicted molar refractivity (Wildman–Crippen MR) is 114 cm³/mol. The van der Waals surface area contributed by atoms with Crippen molar-refractivity contribution in [2.45, 2.75) is 33.6 Å². The molecule has 1 N–H and O–H groups in total. The van der Waals surface area contributed by atoms with Gasteiger partial charge >= 0.3 is 0 Å². The van der Waals surface area contributed by atoms with E-state index in [4.69, 9.17) is 9.47 Å². The molecule has 154 valence electrons. The number of carbonyl (C=O) groups is 2. The highest BCUT2D eigenvalue weighted by Crippen LogP contribution is 2.34. The molecule has 1 aliphatic rings. The van der Waals surface area contributed by atoms with E-state index in [1.54, 1.807) is 23.1 Å². The fourth-order valence-corrected chi connectivity index (χ4v) is 3.23. The number of fused-ring (bicyclic) bond motifs is 1. The lowest BCUT2D eigenvalue weighted by Gasteiger charge is -2.30. The van der Waals surface area contributed by atoms with Gasteiger partial charge in [-0.3, -0.25) is 9.59 Å². The van der Waals surface area contributed by atoms with Gasteiger partial charge in [0.25, 0.3) is 5.91 Å². The molecule has 1 aliphatic heterocycles. The molecular formula is C23H28N2O4. The first-order valence-electron chi connectivity index (χ1n) is 9.99. The predicted octanol–water partition coefficient (Wildman–Crippen LogP) is 4.17. The number of anilines is 2. The SMILES string of the molecule is Cc1cccc(OCCCN2C(=O)COc3ccc(NC(=O)CC(C)C)cc32)c1. The fraction of sp³-hybridized carbons (Fsp3) is 0.391. The Morgan fingerprint density at radius 1 is 1.24 bits per heavy atom. The Kier molecular flexibility index (Phi) is 6.75. The maximum absolute atomic E-state index is 12.4. The Bertz CT molecular complexity index is 879. The van der Waals surface area contributed by atoms with E-state index in [-0.39, 0.29) is 24.3 Å². The highest BCUT2D eigenvalue weighted by Gasteiger charge is 2.25. The zero-order chi connectivity index (χ0) is 20.8. The minimum Gasteiger partial charge on any atom is -0.494 e. The van der Waals surface area contributed by atoms with Crippen LogP contribution in [-0.4, -0.2) is 31.6 Å². The maximum atomic E-state index is 12.4. The Labute approximate surface area is 171 Å². The van der Waals surface area contributed by atoms with Crippen LogP contribution in [0.3, 0.4) is 0 Å². The average Bonchev–Trinajstić information content (AvgIpc) is 2.66. The first-order valence-corrected chi connectivity index (χ1v) is 9.99. The van der Waals surface area contributed by atoms with E-state index in [1.807, 2.05) is 45.0 Å². The smallest absolute Gasteiger partial charge is 0.265 e. The number of amides is 2. The van der Waals surface area contributed by atoms with Gasteiger partial charge in [0.2, 0.25) is 5.91 Å². The van der Waals surface area contributed by atoms with Gasteiger partial charge < -0.3 is 19.7 Å². The van der Waals surface area contributed by atoms with Crippen molar-refractivity contribution in [1.29, 1.82) is 0 Å². The van der Waals surface area contributed by atoms with Crippen molar-refractivity contribution in [3.63, 3.8) is 0 Å².